The van der Waals surface area contributed by atoms with Crippen molar-refractivity contribution in [2.24, 2.45) is 5.41 Å². The van der Waals surface area contributed by atoms with E-state index in [9.17, 15) is 4.79 Å². The monoisotopic (exact) mass is 491 g/mol. The van der Waals surface area contributed by atoms with E-state index in [-0.39, 0.29) is 28.5 Å². The zero-order chi connectivity index (χ0) is 25.8. The first-order chi connectivity index (χ1) is 17.2. The highest BCUT2D eigenvalue weighted by Gasteiger charge is 2.28. The van der Waals surface area contributed by atoms with Crippen molar-refractivity contribution in [3.63, 3.8) is 0 Å². The summed E-state index contributed by atoms with van der Waals surface area (Å²) in [6, 6.07) is 3.90. The summed E-state index contributed by atoms with van der Waals surface area (Å²) < 4.78 is 5.45. The maximum Gasteiger partial charge on any atom is 0.314 e. The lowest BCUT2D eigenvalue weighted by Crippen LogP contribution is -2.45. The van der Waals surface area contributed by atoms with E-state index in [1.54, 1.807) is 0 Å². The number of nitrogens with zero attached hydrogens (tertiary/aromatic N) is 4. The van der Waals surface area contributed by atoms with Crippen LogP contribution in [0.3, 0.4) is 0 Å². The number of aromatic nitrogens is 3. The van der Waals surface area contributed by atoms with E-state index in [0.29, 0.717) is 5.69 Å². The molecule has 192 valence electrons. The summed E-state index contributed by atoms with van der Waals surface area (Å²) in [6.07, 6.45) is 6.55. The molecule has 1 saturated heterocycles. The zero-order valence-electron chi connectivity index (χ0n) is 21.8. The second-order valence-electron chi connectivity index (χ2n) is 10.9. The third kappa shape index (κ3) is 6.38. The summed E-state index contributed by atoms with van der Waals surface area (Å²) in [5.74, 6) is -0.0452. The summed E-state index contributed by atoms with van der Waals surface area (Å²) in [4.78, 5) is 30.4. The van der Waals surface area contributed by atoms with Gasteiger partial charge in [0.15, 0.2) is 0 Å². The number of imidazole rings is 1. The van der Waals surface area contributed by atoms with Crippen LogP contribution in [0.4, 0.5) is 11.5 Å². The Labute approximate surface area is 213 Å². The predicted octanol–water partition coefficient (Wildman–Crippen LogP) is 4.36. The fourth-order valence-corrected chi connectivity index (χ4v) is 4.55. The van der Waals surface area contributed by atoms with E-state index in [4.69, 9.17) is 16.3 Å². The average Bonchev–Trinajstić information content (AvgIpc) is 3.35. The molecule has 3 heterocycles. The SMILES string of the molecule is [C-]#[N+]c1cnc(C(=O)Nc2ccc(C(C)(C)NCCN3CCOCC3)nc2C2=CCC(C)(C)CC2)[nH]1. The molecule has 0 atom stereocenters. The number of pyridine rings is 1. The molecule has 2 aromatic rings. The molecule has 2 aromatic heterocycles. The Morgan fingerprint density at radius 3 is 2.75 bits per heavy atom. The molecule has 0 spiro atoms. The van der Waals surface area contributed by atoms with E-state index in [1.165, 1.54) is 6.20 Å². The minimum absolute atomic E-state index is 0.111. The van der Waals surface area contributed by atoms with E-state index in [0.717, 1.165) is 75.6 Å². The van der Waals surface area contributed by atoms with Crippen molar-refractivity contribution in [1.82, 2.24) is 25.2 Å². The van der Waals surface area contributed by atoms with Gasteiger partial charge in [0.2, 0.25) is 5.82 Å². The third-order valence-electron chi connectivity index (χ3n) is 7.06. The Morgan fingerprint density at radius 2 is 2.08 bits per heavy atom. The molecule has 36 heavy (non-hydrogen) atoms. The predicted molar refractivity (Wildman–Crippen MR) is 141 cm³/mol. The number of hydrogen-bond donors (Lipinski definition) is 3. The lowest BCUT2D eigenvalue weighted by molar-refractivity contribution is 0.0376. The molecule has 4 rings (SSSR count). The van der Waals surface area contributed by atoms with Crippen LogP contribution in [-0.4, -0.2) is 65.2 Å². The first kappa shape index (κ1) is 26.0. The van der Waals surface area contributed by atoms with Crippen LogP contribution in [-0.2, 0) is 10.3 Å². The van der Waals surface area contributed by atoms with E-state index in [1.807, 2.05) is 12.1 Å². The first-order valence-corrected chi connectivity index (χ1v) is 12.7. The molecule has 3 N–H and O–H groups in total. The quantitative estimate of drug-likeness (QED) is 0.475. The normalized spacial score (nSPS) is 18.4. The third-order valence-corrected chi connectivity index (χ3v) is 7.06. The van der Waals surface area contributed by atoms with Crippen molar-refractivity contribution in [1.29, 1.82) is 0 Å². The number of amides is 1. The Balaban J connectivity index is 1.55. The Kier molecular flexibility index (Phi) is 7.88. The van der Waals surface area contributed by atoms with Gasteiger partial charge >= 0.3 is 5.91 Å². The number of carbonyl (C=O) groups is 1. The number of ether oxygens (including phenoxy) is 1. The number of morpholine rings is 1. The van der Waals surface area contributed by atoms with Crippen LogP contribution >= 0.6 is 0 Å². The number of H-pyrrole nitrogens is 1. The van der Waals surface area contributed by atoms with Crippen LogP contribution in [0.5, 0.6) is 0 Å². The van der Waals surface area contributed by atoms with Gasteiger partial charge < -0.3 is 20.2 Å². The van der Waals surface area contributed by atoms with Gasteiger partial charge in [0, 0.05) is 26.2 Å². The Morgan fingerprint density at radius 1 is 1.31 bits per heavy atom. The summed E-state index contributed by atoms with van der Waals surface area (Å²) in [6.45, 7) is 21.3. The Hall–Kier alpha value is -3.06. The van der Waals surface area contributed by atoms with Crippen LogP contribution < -0.4 is 10.6 Å². The number of nitrogens with one attached hydrogen (secondary N) is 3. The van der Waals surface area contributed by atoms with Crippen LogP contribution in [0, 0.1) is 12.0 Å². The lowest BCUT2D eigenvalue weighted by Gasteiger charge is -2.32. The second-order valence-corrected chi connectivity index (χ2v) is 10.9. The molecule has 0 radical (unpaired) electrons. The number of anilines is 1. The van der Waals surface area contributed by atoms with Crippen molar-refractivity contribution in [3.05, 3.63) is 53.0 Å². The number of carbonyl (C=O) groups excluding carboxylic acids is 1. The van der Waals surface area contributed by atoms with Crippen molar-refractivity contribution in [2.45, 2.75) is 52.5 Å². The Bertz CT molecular complexity index is 1150. The molecule has 0 unspecified atom stereocenters. The second kappa shape index (κ2) is 10.9. The summed E-state index contributed by atoms with van der Waals surface area (Å²) >= 11 is 0. The zero-order valence-corrected chi connectivity index (χ0v) is 21.8. The highest BCUT2D eigenvalue weighted by atomic mass is 16.5. The van der Waals surface area contributed by atoms with E-state index < -0.39 is 0 Å². The molecular formula is C27H37N7O2. The molecule has 0 saturated carbocycles. The summed E-state index contributed by atoms with van der Waals surface area (Å²) in [5.41, 5.74) is 3.45. The van der Waals surface area contributed by atoms with Crippen molar-refractivity contribution >= 4 is 23.0 Å². The van der Waals surface area contributed by atoms with Gasteiger partial charge in [0.1, 0.15) is 0 Å². The van der Waals surface area contributed by atoms with Gasteiger partial charge in [-0.2, -0.15) is 0 Å². The first-order valence-electron chi connectivity index (χ1n) is 12.7. The number of rotatable bonds is 8. The molecule has 1 amide bonds. The van der Waals surface area contributed by atoms with Crippen LogP contribution in [0.1, 0.15) is 69.0 Å². The molecule has 9 nitrogen and oxygen atoms in total. The maximum atomic E-state index is 12.9. The molecule has 2 aliphatic rings. The van der Waals surface area contributed by atoms with Crippen LogP contribution in [0.15, 0.2) is 24.4 Å². The lowest BCUT2D eigenvalue weighted by atomic mass is 9.77. The van der Waals surface area contributed by atoms with Crippen molar-refractivity contribution < 1.29 is 9.53 Å². The van der Waals surface area contributed by atoms with Gasteiger partial charge in [-0.25, -0.2) is 9.97 Å². The highest BCUT2D eigenvalue weighted by molar-refractivity contribution is 6.03. The van der Waals surface area contributed by atoms with Gasteiger partial charge in [0.05, 0.1) is 42.0 Å². The number of aromatic amines is 1. The number of hydrogen-bond acceptors (Lipinski definition) is 6. The smallest absolute Gasteiger partial charge is 0.314 e. The minimum Gasteiger partial charge on any atom is -0.379 e. The largest absolute Gasteiger partial charge is 0.379 e. The van der Waals surface area contributed by atoms with Gasteiger partial charge in [-0.15, -0.1) is 0 Å². The van der Waals surface area contributed by atoms with Gasteiger partial charge in [-0.05, 0) is 56.2 Å². The van der Waals surface area contributed by atoms with Crippen molar-refractivity contribution in [2.75, 3.05) is 44.7 Å². The fourth-order valence-electron chi connectivity index (χ4n) is 4.55. The summed E-state index contributed by atoms with van der Waals surface area (Å²) in [7, 11) is 0. The number of allylic oxidation sites excluding steroid dienone is 2. The van der Waals surface area contributed by atoms with Gasteiger partial charge in [-0.1, -0.05) is 26.5 Å². The fraction of sp³-hybridized carbons (Fsp3) is 0.556. The van der Waals surface area contributed by atoms with Gasteiger partial charge in [0.25, 0.3) is 5.82 Å². The van der Waals surface area contributed by atoms with E-state index in [2.05, 4.69) is 64.1 Å². The van der Waals surface area contributed by atoms with E-state index >= 15 is 0 Å². The molecule has 1 fully saturated rings. The van der Waals surface area contributed by atoms with Crippen molar-refractivity contribution in [3.8, 4) is 0 Å². The van der Waals surface area contributed by atoms with Gasteiger partial charge in [-0.3, -0.25) is 14.7 Å². The molecule has 0 aromatic carbocycles. The molecule has 0 bridgehead atoms. The highest BCUT2D eigenvalue weighted by Crippen LogP contribution is 2.39. The molecule has 1 aliphatic heterocycles. The average molecular weight is 492 g/mol. The maximum absolute atomic E-state index is 12.9. The minimum atomic E-state index is -0.389. The van der Waals surface area contributed by atoms with Crippen LogP contribution in [0.25, 0.3) is 10.4 Å². The standard InChI is InChI=1S/C27H37N7O2/c1-26(2)10-8-19(9-11-26)23-20(31-25(35)24-29-18-22(28-5)33-24)6-7-21(32-23)27(3,4)30-12-13-34-14-16-36-17-15-34/h6-8,18,30H,9-17H2,1-4H3,(H,29,33)(H,31,35). The summed E-state index contributed by atoms with van der Waals surface area (Å²) in [5, 5.41) is 6.64. The molecule has 9 heteroatoms. The van der Waals surface area contributed by atoms with Crippen LogP contribution in [0.2, 0.25) is 0 Å². The molecule has 1 aliphatic carbocycles. The topological polar surface area (TPSA) is 99.5 Å². The molecular weight excluding hydrogens is 454 g/mol.